The highest BCUT2D eigenvalue weighted by atomic mass is 35.5. The van der Waals surface area contributed by atoms with Gasteiger partial charge in [0.1, 0.15) is 6.34 Å². The van der Waals surface area contributed by atoms with Crippen LogP contribution in [0.1, 0.15) is 0 Å². The predicted octanol–water partition coefficient (Wildman–Crippen LogP) is 0.914. The quantitative estimate of drug-likeness (QED) is 0.496. The molecule has 0 amide bonds. The summed E-state index contributed by atoms with van der Waals surface area (Å²) in [6.07, 6.45) is 6.08. The fourth-order valence-corrected chi connectivity index (χ4v) is 0.869. The second kappa shape index (κ2) is 2.80. The fourth-order valence-electron chi connectivity index (χ4n) is 0.869. The van der Waals surface area contributed by atoms with Gasteiger partial charge in [-0.15, -0.1) is 12.4 Å². The minimum absolute atomic E-state index is 0. The van der Waals surface area contributed by atoms with Gasteiger partial charge in [0.05, 0.1) is 11.4 Å². The molecule has 0 unspecified atom stereocenters. The van der Waals surface area contributed by atoms with Gasteiger partial charge in [0.25, 0.3) is 0 Å². The summed E-state index contributed by atoms with van der Waals surface area (Å²) in [6, 6.07) is 0. The largest absolute Gasteiger partial charge is 0.290 e. The fraction of sp³-hybridized carbons (Fsp3) is 0. The van der Waals surface area contributed by atoms with Crippen LogP contribution in [0.5, 0.6) is 0 Å². The number of hydrogen-bond donors (Lipinski definition) is 0. The van der Waals surface area contributed by atoms with E-state index in [0.29, 0.717) is 5.70 Å². The summed E-state index contributed by atoms with van der Waals surface area (Å²) in [4.78, 5) is 18.5. The summed E-state index contributed by atoms with van der Waals surface area (Å²) < 4.78 is 0. The molecule has 2 aliphatic rings. The highest BCUT2D eigenvalue weighted by Crippen LogP contribution is 2.11. The Labute approximate surface area is 69.6 Å². The van der Waals surface area contributed by atoms with Gasteiger partial charge in [-0.3, -0.25) is 4.79 Å². The van der Waals surface area contributed by atoms with Crippen LogP contribution in [0.4, 0.5) is 0 Å². The number of carbonyl (C=O) groups is 1. The Kier molecular flexibility index (Phi) is 2.01. The molecule has 3 nitrogen and oxygen atoms in total. The van der Waals surface area contributed by atoms with Crippen molar-refractivity contribution >= 4 is 30.2 Å². The Morgan fingerprint density at radius 3 is 2.91 bits per heavy atom. The number of nitrogens with zero attached hydrogens (tertiary/aromatic N) is 2. The maximum Gasteiger partial charge on any atom is 0.180 e. The molecule has 4 heteroatoms. The molecule has 56 valence electrons. The Hall–Kier alpha value is -1.22. The van der Waals surface area contributed by atoms with Crippen LogP contribution in [0.2, 0.25) is 0 Å². The van der Waals surface area contributed by atoms with E-state index in [4.69, 9.17) is 0 Å². The molecule has 2 rings (SSSR count). The average molecular weight is 169 g/mol. The SMILES string of the molecule is Cl.O=C1C=CC2=NC=NC2=C1. The Balaban J connectivity index is 0.000000605. The van der Waals surface area contributed by atoms with Crippen LogP contribution < -0.4 is 0 Å². The lowest BCUT2D eigenvalue weighted by molar-refractivity contribution is -0.110. The molecule has 0 fully saturated rings. The zero-order chi connectivity index (χ0) is 6.97. The molecule has 0 spiro atoms. The van der Waals surface area contributed by atoms with Crippen LogP contribution in [0.15, 0.2) is 33.9 Å². The summed E-state index contributed by atoms with van der Waals surface area (Å²) in [5.41, 5.74) is 1.45. The van der Waals surface area contributed by atoms with Gasteiger partial charge < -0.3 is 0 Å². The topological polar surface area (TPSA) is 41.8 Å². The van der Waals surface area contributed by atoms with Crippen molar-refractivity contribution < 1.29 is 4.79 Å². The van der Waals surface area contributed by atoms with Crippen LogP contribution in [0.3, 0.4) is 0 Å². The first-order chi connectivity index (χ1) is 4.86. The zero-order valence-corrected chi connectivity index (χ0v) is 6.34. The van der Waals surface area contributed by atoms with E-state index in [1.165, 1.54) is 18.5 Å². The molecule has 1 heterocycles. The molecule has 0 radical (unpaired) electrons. The number of rotatable bonds is 0. The summed E-state index contributed by atoms with van der Waals surface area (Å²) >= 11 is 0. The molecule has 1 aliphatic carbocycles. The van der Waals surface area contributed by atoms with Gasteiger partial charge in [-0.05, 0) is 12.2 Å². The molecular formula is C7H5ClN2O. The van der Waals surface area contributed by atoms with E-state index in [-0.39, 0.29) is 18.2 Å². The van der Waals surface area contributed by atoms with Gasteiger partial charge in [0.15, 0.2) is 5.78 Å². The molecule has 0 aromatic rings. The molecule has 0 aromatic carbocycles. The smallest absolute Gasteiger partial charge is 0.180 e. The van der Waals surface area contributed by atoms with E-state index < -0.39 is 0 Å². The minimum Gasteiger partial charge on any atom is -0.290 e. The first-order valence-corrected chi connectivity index (χ1v) is 2.91. The molecule has 1 aliphatic heterocycles. The van der Waals surface area contributed by atoms with Gasteiger partial charge in [-0.25, -0.2) is 9.98 Å². The van der Waals surface area contributed by atoms with Gasteiger partial charge in [0, 0.05) is 6.08 Å². The third kappa shape index (κ3) is 1.28. The van der Waals surface area contributed by atoms with Crippen LogP contribution in [-0.2, 0) is 4.79 Å². The van der Waals surface area contributed by atoms with Crippen molar-refractivity contribution in [2.24, 2.45) is 9.98 Å². The first kappa shape index (κ1) is 7.88. The minimum atomic E-state index is -0.0204. The average Bonchev–Trinajstić information content (AvgIpc) is 2.33. The molecular weight excluding hydrogens is 164 g/mol. The number of allylic oxidation sites excluding steroid dienone is 3. The van der Waals surface area contributed by atoms with Gasteiger partial charge >= 0.3 is 0 Å². The number of ketones is 1. The maximum atomic E-state index is 10.7. The third-order valence-electron chi connectivity index (χ3n) is 1.34. The number of hydrogen-bond acceptors (Lipinski definition) is 3. The van der Waals surface area contributed by atoms with E-state index in [2.05, 4.69) is 9.98 Å². The van der Waals surface area contributed by atoms with E-state index >= 15 is 0 Å². The van der Waals surface area contributed by atoms with Crippen molar-refractivity contribution in [2.75, 3.05) is 0 Å². The number of aliphatic imine (C=N–C) groups is 2. The van der Waals surface area contributed by atoms with E-state index in [0.717, 1.165) is 5.71 Å². The second-order valence-corrected chi connectivity index (χ2v) is 2.02. The Morgan fingerprint density at radius 2 is 2.09 bits per heavy atom. The molecule has 0 N–H and O–H groups in total. The van der Waals surface area contributed by atoms with Crippen LogP contribution in [-0.4, -0.2) is 17.8 Å². The normalized spacial score (nSPS) is 18.7. The lowest BCUT2D eigenvalue weighted by Crippen LogP contribution is -2.02. The van der Waals surface area contributed by atoms with Crippen molar-refractivity contribution in [1.29, 1.82) is 0 Å². The molecule has 0 bridgehead atoms. The maximum absolute atomic E-state index is 10.7. The molecule has 11 heavy (non-hydrogen) atoms. The summed E-state index contributed by atoms with van der Waals surface area (Å²) in [5, 5.41) is 0. The predicted molar refractivity (Wildman–Crippen MR) is 45.4 cm³/mol. The lowest BCUT2D eigenvalue weighted by atomic mass is 10.1. The first-order valence-electron chi connectivity index (χ1n) is 2.91. The van der Waals surface area contributed by atoms with Crippen molar-refractivity contribution in [1.82, 2.24) is 0 Å². The lowest BCUT2D eigenvalue weighted by Gasteiger charge is -1.97. The van der Waals surface area contributed by atoms with Crippen molar-refractivity contribution in [3.8, 4) is 0 Å². The molecule has 0 saturated heterocycles. The number of fused-ring (bicyclic) bond motifs is 1. The van der Waals surface area contributed by atoms with Crippen LogP contribution in [0, 0.1) is 0 Å². The van der Waals surface area contributed by atoms with Crippen LogP contribution >= 0.6 is 12.4 Å². The van der Waals surface area contributed by atoms with Crippen molar-refractivity contribution in [3.63, 3.8) is 0 Å². The molecule has 0 saturated carbocycles. The number of halogens is 1. The zero-order valence-electron chi connectivity index (χ0n) is 5.52. The summed E-state index contributed by atoms with van der Waals surface area (Å²) in [6.45, 7) is 0. The number of carbonyl (C=O) groups excluding carboxylic acids is 1. The third-order valence-corrected chi connectivity index (χ3v) is 1.34. The second-order valence-electron chi connectivity index (χ2n) is 2.02. The van der Waals surface area contributed by atoms with E-state index in [9.17, 15) is 4.79 Å². The van der Waals surface area contributed by atoms with E-state index in [1.807, 2.05) is 0 Å². The highest BCUT2D eigenvalue weighted by Gasteiger charge is 2.12. The monoisotopic (exact) mass is 168 g/mol. The summed E-state index contributed by atoms with van der Waals surface area (Å²) in [5.74, 6) is -0.0204. The Morgan fingerprint density at radius 1 is 1.27 bits per heavy atom. The molecule has 0 aromatic heterocycles. The van der Waals surface area contributed by atoms with E-state index in [1.54, 1.807) is 6.08 Å². The van der Waals surface area contributed by atoms with Gasteiger partial charge in [0.2, 0.25) is 0 Å². The highest BCUT2D eigenvalue weighted by molar-refractivity contribution is 6.22. The molecule has 0 atom stereocenters. The van der Waals surface area contributed by atoms with Crippen LogP contribution in [0.25, 0.3) is 0 Å². The van der Waals surface area contributed by atoms with Gasteiger partial charge in [-0.2, -0.15) is 0 Å². The van der Waals surface area contributed by atoms with Gasteiger partial charge in [-0.1, -0.05) is 0 Å². The van der Waals surface area contributed by atoms with Crippen molar-refractivity contribution in [3.05, 3.63) is 23.9 Å². The summed E-state index contributed by atoms with van der Waals surface area (Å²) in [7, 11) is 0. The standard InChI is InChI=1S/C7H4N2O.ClH/c10-5-1-2-6-7(3-5)9-4-8-6;/h1-4H;1H. The Bertz CT molecular complexity index is 312. The van der Waals surface area contributed by atoms with Crippen molar-refractivity contribution in [2.45, 2.75) is 0 Å².